The minimum atomic E-state index is -0.275. The van der Waals surface area contributed by atoms with Gasteiger partial charge in [0, 0.05) is 23.2 Å². The van der Waals surface area contributed by atoms with Gasteiger partial charge in [0.1, 0.15) is 18.5 Å². The van der Waals surface area contributed by atoms with Crippen molar-refractivity contribution < 1.29 is 4.39 Å². The zero-order valence-electron chi connectivity index (χ0n) is 13.5. The van der Waals surface area contributed by atoms with E-state index in [-0.39, 0.29) is 11.9 Å². The summed E-state index contributed by atoms with van der Waals surface area (Å²) in [5.41, 5.74) is 2.60. The van der Waals surface area contributed by atoms with Gasteiger partial charge in [0.05, 0.1) is 5.69 Å². The smallest absolute Gasteiger partial charge is 0.138 e. The molecule has 1 unspecified atom stereocenters. The van der Waals surface area contributed by atoms with E-state index in [9.17, 15) is 4.39 Å². The normalized spacial score (nSPS) is 12.5. The molecule has 0 saturated carbocycles. The highest BCUT2D eigenvalue weighted by Gasteiger charge is 2.16. The molecule has 0 aliphatic heterocycles. The Hall–Kier alpha value is -2.24. The van der Waals surface area contributed by atoms with Gasteiger partial charge >= 0.3 is 0 Å². The molecule has 124 valence electrons. The number of halogens is 2. The van der Waals surface area contributed by atoms with Crippen LogP contribution in [0, 0.1) is 5.82 Å². The molecule has 0 fully saturated rings. The minimum absolute atomic E-state index is 0.116. The van der Waals surface area contributed by atoms with Crippen LogP contribution in [0.3, 0.4) is 0 Å². The van der Waals surface area contributed by atoms with Crippen LogP contribution >= 0.6 is 11.6 Å². The van der Waals surface area contributed by atoms with Crippen LogP contribution in [-0.2, 0) is 6.54 Å². The predicted octanol–water partition coefficient (Wildman–Crippen LogP) is 4.25. The van der Waals surface area contributed by atoms with Gasteiger partial charge in [0.25, 0.3) is 0 Å². The highest BCUT2D eigenvalue weighted by Crippen LogP contribution is 2.26. The van der Waals surface area contributed by atoms with Crippen molar-refractivity contribution in [3.05, 3.63) is 77.1 Å². The maximum Gasteiger partial charge on any atom is 0.138 e. The Balaban J connectivity index is 1.75. The first kappa shape index (κ1) is 16.6. The number of rotatable bonds is 5. The van der Waals surface area contributed by atoms with Gasteiger partial charge in [-0.3, -0.25) is 4.90 Å². The van der Waals surface area contributed by atoms with Crippen molar-refractivity contribution in [2.45, 2.75) is 19.5 Å². The summed E-state index contributed by atoms with van der Waals surface area (Å²) < 4.78 is 15.7. The minimum Gasteiger partial charge on any atom is -0.295 e. The van der Waals surface area contributed by atoms with Crippen LogP contribution in [0.2, 0.25) is 5.02 Å². The lowest BCUT2D eigenvalue weighted by Crippen LogP contribution is -2.22. The van der Waals surface area contributed by atoms with Crippen molar-refractivity contribution in [2.75, 3.05) is 7.05 Å². The third-order valence-electron chi connectivity index (χ3n) is 4.19. The van der Waals surface area contributed by atoms with E-state index in [0.29, 0.717) is 17.1 Å². The standard InChI is InChI=1S/C18H18ClFN4/c1-13(23(2)10-16-17(19)4-3-5-18(16)20)14-6-8-15(9-7-14)24-12-21-11-22-24/h3-9,11-13H,10H2,1-2H3. The van der Waals surface area contributed by atoms with Gasteiger partial charge in [-0.25, -0.2) is 14.1 Å². The zero-order valence-corrected chi connectivity index (χ0v) is 14.3. The first-order chi connectivity index (χ1) is 11.6. The first-order valence-corrected chi connectivity index (χ1v) is 8.02. The summed E-state index contributed by atoms with van der Waals surface area (Å²) in [5.74, 6) is -0.275. The lowest BCUT2D eigenvalue weighted by atomic mass is 10.1. The van der Waals surface area contributed by atoms with Crippen LogP contribution in [0.5, 0.6) is 0 Å². The lowest BCUT2D eigenvalue weighted by molar-refractivity contribution is 0.249. The van der Waals surface area contributed by atoms with Crippen LogP contribution in [0.4, 0.5) is 4.39 Å². The lowest BCUT2D eigenvalue weighted by Gasteiger charge is -2.26. The number of aromatic nitrogens is 3. The van der Waals surface area contributed by atoms with E-state index in [2.05, 4.69) is 21.9 Å². The number of nitrogens with zero attached hydrogens (tertiary/aromatic N) is 4. The summed E-state index contributed by atoms with van der Waals surface area (Å²) in [5, 5.41) is 4.56. The summed E-state index contributed by atoms with van der Waals surface area (Å²) in [6.45, 7) is 2.52. The van der Waals surface area contributed by atoms with Gasteiger partial charge in [0.2, 0.25) is 0 Å². The molecule has 0 saturated heterocycles. The molecule has 0 amide bonds. The molecular weight excluding hydrogens is 327 g/mol. The van der Waals surface area contributed by atoms with E-state index in [1.54, 1.807) is 23.1 Å². The largest absolute Gasteiger partial charge is 0.295 e. The van der Waals surface area contributed by atoms with Gasteiger partial charge in [0.15, 0.2) is 0 Å². The second-order valence-electron chi connectivity index (χ2n) is 5.72. The Morgan fingerprint density at radius 1 is 1.21 bits per heavy atom. The molecule has 4 nitrogen and oxygen atoms in total. The second kappa shape index (κ2) is 7.11. The van der Waals surface area contributed by atoms with Crippen molar-refractivity contribution >= 4 is 11.6 Å². The molecule has 0 spiro atoms. The Labute approximate surface area is 145 Å². The second-order valence-corrected chi connectivity index (χ2v) is 6.13. The van der Waals surface area contributed by atoms with Gasteiger partial charge in [-0.05, 0) is 43.8 Å². The topological polar surface area (TPSA) is 34.0 Å². The van der Waals surface area contributed by atoms with Gasteiger partial charge in [-0.15, -0.1) is 0 Å². The molecule has 2 aromatic carbocycles. The number of hydrogen-bond donors (Lipinski definition) is 0. The summed E-state index contributed by atoms with van der Waals surface area (Å²) >= 11 is 6.12. The zero-order chi connectivity index (χ0) is 17.1. The monoisotopic (exact) mass is 344 g/mol. The molecule has 3 aromatic rings. The summed E-state index contributed by atoms with van der Waals surface area (Å²) in [6.07, 6.45) is 3.16. The SMILES string of the molecule is CC(c1ccc(-n2cncn2)cc1)N(C)Cc1c(F)cccc1Cl. The average Bonchev–Trinajstić information content (AvgIpc) is 3.12. The molecule has 0 aliphatic rings. The third kappa shape index (κ3) is 3.47. The molecule has 0 bridgehead atoms. The molecule has 1 aromatic heterocycles. The van der Waals surface area contributed by atoms with E-state index in [4.69, 9.17) is 11.6 Å². The van der Waals surface area contributed by atoms with E-state index in [1.807, 2.05) is 31.3 Å². The molecule has 0 radical (unpaired) electrons. The molecule has 6 heteroatoms. The highest BCUT2D eigenvalue weighted by molar-refractivity contribution is 6.31. The molecule has 1 atom stereocenters. The van der Waals surface area contributed by atoms with Crippen LogP contribution in [0.1, 0.15) is 24.1 Å². The third-order valence-corrected chi connectivity index (χ3v) is 4.54. The molecule has 24 heavy (non-hydrogen) atoms. The maximum absolute atomic E-state index is 14.0. The fourth-order valence-corrected chi connectivity index (χ4v) is 2.79. The van der Waals surface area contributed by atoms with E-state index in [1.165, 1.54) is 12.4 Å². The first-order valence-electron chi connectivity index (χ1n) is 7.64. The van der Waals surface area contributed by atoms with Crippen LogP contribution < -0.4 is 0 Å². The van der Waals surface area contributed by atoms with E-state index < -0.39 is 0 Å². The predicted molar refractivity (Wildman–Crippen MR) is 92.7 cm³/mol. The maximum atomic E-state index is 14.0. The summed E-state index contributed by atoms with van der Waals surface area (Å²) in [7, 11) is 1.96. The number of hydrogen-bond acceptors (Lipinski definition) is 3. The van der Waals surface area contributed by atoms with Gasteiger partial charge in [-0.1, -0.05) is 29.8 Å². The van der Waals surface area contributed by atoms with Crippen molar-refractivity contribution in [3.8, 4) is 5.69 Å². The summed E-state index contributed by atoms with van der Waals surface area (Å²) in [4.78, 5) is 6.01. The molecule has 0 aliphatic carbocycles. The molecular formula is C18H18ClFN4. The van der Waals surface area contributed by atoms with E-state index in [0.717, 1.165) is 11.3 Å². The average molecular weight is 345 g/mol. The fraction of sp³-hybridized carbons (Fsp3) is 0.222. The van der Waals surface area contributed by atoms with E-state index >= 15 is 0 Å². The van der Waals surface area contributed by atoms with Crippen molar-refractivity contribution in [3.63, 3.8) is 0 Å². The fourth-order valence-electron chi connectivity index (χ4n) is 2.57. The van der Waals surface area contributed by atoms with Crippen LogP contribution in [0.15, 0.2) is 55.1 Å². The summed E-state index contributed by atoms with van der Waals surface area (Å²) in [6, 6.07) is 13.0. The Bertz CT molecular complexity index is 782. The highest BCUT2D eigenvalue weighted by atomic mass is 35.5. The number of benzene rings is 2. The van der Waals surface area contributed by atoms with Crippen molar-refractivity contribution in [1.29, 1.82) is 0 Å². The van der Waals surface area contributed by atoms with Crippen molar-refractivity contribution in [1.82, 2.24) is 19.7 Å². The van der Waals surface area contributed by atoms with Gasteiger partial charge in [-0.2, -0.15) is 5.10 Å². The molecule has 3 rings (SSSR count). The molecule has 1 heterocycles. The molecule has 0 N–H and O–H groups in total. The van der Waals surface area contributed by atoms with Gasteiger partial charge < -0.3 is 0 Å². The van der Waals surface area contributed by atoms with Crippen molar-refractivity contribution in [2.24, 2.45) is 0 Å². The van der Waals surface area contributed by atoms with Crippen LogP contribution in [-0.4, -0.2) is 26.7 Å². The van der Waals surface area contributed by atoms with Crippen LogP contribution in [0.25, 0.3) is 5.69 Å². The quantitative estimate of drug-likeness (QED) is 0.693. The Morgan fingerprint density at radius 3 is 2.58 bits per heavy atom. The Kier molecular flexibility index (Phi) is 4.92. The Morgan fingerprint density at radius 2 is 1.96 bits per heavy atom.